The lowest BCUT2D eigenvalue weighted by molar-refractivity contribution is -0.162. The van der Waals surface area contributed by atoms with Crippen LogP contribution >= 0.6 is 0 Å². The molecular weight excluding hydrogens is 656 g/mol. The molecule has 1 aliphatic rings. The van der Waals surface area contributed by atoms with Gasteiger partial charge in [0.25, 0.3) is 5.91 Å². The zero-order chi connectivity index (χ0) is 37.3. The fraction of sp³-hybridized carbons (Fsp3) is 0.625. The number of rotatable bonds is 27. The summed E-state index contributed by atoms with van der Waals surface area (Å²) in [5, 5.41) is 14.0. The van der Waals surface area contributed by atoms with Gasteiger partial charge in [0.15, 0.2) is 0 Å². The van der Waals surface area contributed by atoms with E-state index < -0.39 is 23.6 Å². The number of nitrogens with one attached hydrogen (secondary N) is 5. The summed E-state index contributed by atoms with van der Waals surface area (Å²) >= 11 is 0. The van der Waals surface area contributed by atoms with Gasteiger partial charge in [-0.1, -0.05) is 6.58 Å². The van der Waals surface area contributed by atoms with E-state index in [1.54, 1.807) is 20.2 Å². The average molecular weight is 709 g/mol. The van der Waals surface area contributed by atoms with Crippen LogP contribution in [0, 0.1) is 0 Å². The van der Waals surface area contributed by atoms with Crippen molar-refractivity contribution < 1.29 is 47.9 Å². The Morgan fingerprint density at radius 3 is 2.04 bits per heavy atom. The summed E-state index contributed by atoms with van der Waals surface area (Å²) in [6, 6.07) is 0. The molecule has 1 heterocycles. The van der Waals surface area contributed by atoms with Crippen LogP contribution in [-0.4, -0.2) is 148 Å². The van der Waals surface area contributed by atoms with Crippen LogP contribution < -0.4 is 26.6 Å². The standard InChI is InChI=1S/C32H52N8O10/c1-24-11-12-32(48)40(24)16-8-10-31(47)39(15-6-5-13-34-30(46)23-50-38(3)17-18-49-4)22-29(45)33-14-7-9-26(42)36-20-28(44)37-21-27(43)35-19-25(2)41/h11-12H,1,5-10,13-23H2,2-4H3,(H,33,45)(H,34,46)(H,35,43)(H,36,42)(H,37,44). The van der Waals surface area contributed by atoms with Gasteiger partial charge in [-0.3, -0.25) is 43.2 Å². The van der Waals surface area contributed by atoms with Crippen LogP contribution in [0.5, 0.6) is 0 Å². The number of methoxy groups -OCH3 is 1. The van der Waals surface area contributed by atoms with Crippen LogP contribution in [0.1, 0.15) is 45.4 Å². The topological polar surface area (TPSA) is 225 Å². The number of amides is 7. The summed E-state index contributed by atoms with van der Waals surface area (Å²) in [6.45, 7) is 5.99. The molecule has 0 unspecified atom stereocenters. The molecular formula is C32H52N8O10. The Bertz CT molecular complexity index is 1210. The Morgan fingerprint density at radius 1 is 0.760 bits per heavy atom. The minimum Gasteiger partial charge on any atom is -0.383 e. The smallest absolute Gasteiger partial charge is 0.251 e. The molecule has 18 heteroatoms. The summed E-state index contributed by atoms with van der Waals surface area (Å²) in [6.07, 6.45) is 4.84. The number of allylic oxidation sites excluding steroid dienone is 1. The lowest BCUT2D eigenvalue weighted by Gasteiger charge is -2.23. The number of carbonyl (C=O) groups excluding carboxylic acids is 8. The van der Waals surface area contributed by atoms with Gasteiger partial charge in [-0.25, -0.2) is 0 Å². The van der Waals surface area contributed by atoms with Crippen molar-refractivity contribution in [1.82, 2.24) is 41.4 Å². The average Bonchev–Trinajstić information content (AvgIpc) is 3.40. The van der Waals surface area contributed by atoms with Gasteiger partial charge in [0.2, 0.25) is 35.4 Å². The van der Waals surface area contributed by atoms with Crippen molar-refractivity contribution in [2.45, 2.75) is 45.4 Å². The molecule has 50 heavy (non-hydrogen) atoms. The molecule has 18 nitrogen and oxygen atoms in total. The predicted octanol–water partition coefficient (Wildman–Crippen LogP) is -2.25. The minimum atomic E-state index is -0.582. The molecule has 0 saturated heterocycles. The molecule has 1 aliphatic heterocycles. The maximum atomic E-state index is 13.1. The Balaban J connectivity index is 2.44. The second-order valence-corrected chi connectivity index (χ2v) is 11.4. The highest BCUT2D eigenvalue weighted by Crippen LogP contribution is 2.14. The van der Waals surface area contributed by atoms with Gasteiger partial charge < -0.3 is 41.1 Å². The first-order valence-corrected chi connectivity index (χ1v) is 16.4. The van der Waals surface area contributed by atoms with Gasteiger partial charge in [-0.2, -0.15) is 5.06 Å². The van der Waals surface area contributed by atoms with Crippen LogP contribution in [0.25, 0.3) is 0 Å². The number of hydrogen-bond donors (Lipinski definition) is 5. The number of ether oxygens (including phenoxy) is 1. The van der Waals surface area contributed by atoms with Crippen molar-refractivity contribution in [3.63, 3.8) is 0 Å². The summed E-state index contributed by atoms with van der Waals surface area (Å²) in [7, 11) is 3.26. The highest BCUT2D eigenvalue weighted by atomic mass is 16.7. The first-order valence-electron chi connectivity index (χ1n) is 16.4. The molecule has 0 aromatic carbocycles. The van der Waals surface area contributed by atoms with Gasteiger partial charge in [-0.15, -0.1) is 0 Å². The van der Waals surface area contributed by atoms with E-state index in [1.807, 2.05) is 0 Å². The SMILES string of the molecule is C=C1C=CC(=O)N1CCCC(=O)N(CCCCNC(=O)CON(C)CCOC)CC(=O)NCCCC(=O)NCC(=O)NCC(=O)NCC(C)=O. The molecule has 0 saturated carbocycles. The zero-order valence-electron chi connectivity index (χ0n) is 29.3. The molecule has 7 amide bonds. The lowest BCUT2D eigenvalue weighted by Crippen LogP contribution is -2.43. The van der Waals surface area contributed by atoms with Crippen molar-refractivity contribution in [3.8, 4) is 0 Å². The molecule has 0 fully saturated rings. The summed E-state index contributed by atoms with van der Waals surface area (Å²) in [4.78, 5) is 104. The van der Waals surface area contributed by atoms with Crippen LogP contribution in [0.15, 0.2) is 24.4 Å². The minimum absolute atomic E-state index is 0.0187. The van der Waals surface area contributed by atoms with E-state index in [-0.39, 0.29) is 88.6 Å². The van der Waals surface area contributed by atoms with Crippen molar-refractivity contribution >= 4 is 47.1 Å². The monoisotopic (exact) mass is 708 g/mol. The highest BCUT2D eigenvalue weighted by Gasteiger charge is 2.21. The number of Topliss-reactive ketones (excluding diaryl/α,β-unsaturated/α-hetero) is 1. The van der Waals surface area contributed by atoms with Gasteiger partial charge >= 0.3 is 0 Å². The maximum Gasteiger partial charge on any atom is 0.251 e. The van der Waals surface area contributed by atoms with Crippen molar-refractivity contribution in [2.75, 3.05) is 86.3 Å². The van der Waals surface area contributed by atoms with E-state index in [4.69, 9.17) is 9.57 Å². The molecule has 280 valence electrons. The first-order chi connectivity index (χ1) is 23.8. The van der Waals surface area contributed by atoms with Crippen molar-refractivity contribution in [2.24, 2.45) is 0 Å². The molecule has 0 aromatic rings. The summed E-state index contributed by atoms with van der Waals surface area (Å²) in [5.74, 6) is -2.96. The van der Waals surface area contributed by atoms with Crippen LogP contribution in [0.3, 0.4) is 0 Å². The predicted molar refractivity (Wildman–Crippen MR) is 180 cm³/mol. The fourth-order valence-corrected chi connectivity index (χ4v) is 4.24. The number of ketones is 1. The number of hydrogen-bond acceptors (Lipinski definition) is 11. The first kappa shape index (κ1) is 43.3. The summed E-state index contributed by atoms with van der Waals surface area (Å²) < 4.78 is 4.96. The number of hydroxylamine groups is 2. The van der Waals surface area contributed by atoms with Crippen LogP contribution in [-0.2, 0) is 47.9 Å². The molecule has 0 spiro atoms. The molecule has 0 aliphatic carbocycles. The third kappa shape index (κ3) is 20.6. The number of nitrogens with zero attached hydrogens (tertiary/aromatic N) is 3. The molecule has 0 atom stereocenters. The quantitative estimate of drug-likeness (QED) is 0.0453. The lowest BCUT2D eigenvalue weighted by atomic mass is 10.2. The van der Waals surface area contributed by atoms with Crippen LogP contribution in [0.2, 0.25) is 0 Å². The van der Waals surface area contributed by atoms with E-state index in [2.05, 4.69) is 33.2 Å². The Hall–Kier alpha value is -4.68. The Kier molecular flexibility index (Phi) is 21.9. The zero-order valence-corrected chi connectivity index (χ0v) is 29.3. The van der Waals surface area contributed by atoms with Crippen molar-refractivity contribution in [1.29, 1.82) is 0 Å². The molecule has 0 bridgehead atoms. The number of carbonyl (C=O) groups is 8. The molecule has 1 rings (SSSR count). The van der Waals surface area contributed by atoms with E-state index in [0.717, 1.165) is 0 Å². The van der Waals surface area contributed by atoms with Gasteiger partial charge in [-0.05, 0) is 38.7 Å². The second-order valence-electron chi connectivity index (χ2n) is 11.4. The summed E-state index contributed by atoms with van der Waals surface area (Å²) in [5.41, 5.74) is 0.552. The number of unbranched alkanes of at least 4 members (excludes halogenated alkanes) is 1. The van der Waals surface area contributed by atoms with E-state index in [0.29, 0.717) is 51.2 Å². The highest BCUT2D eigenvalue weighted by molar-refractivity contribution is 5.93. The van der Waals surface area contributed by atoms with Crippen molar-refractivity contribution in [3.05, 3.63) is 24.4 Å². The molecule has 0 radical (unpaired) electrons. The number of likely N-dealkylation sites (N-methyl/N-ethyl adjacent to an activating group) is 1. The normalized spacial score (nSPS) is 12.1. The molecule has 0 aromatic heterocycles. The van der Waals surface area contributed by atoms with E-state index in [9.17, 15) is 38.4 Å². The van der Waals surface area contributed by atoms with E-state index in [1.165, 1.54) is 27.9 Å². The van der Waals surface area contributed by atoms with Crippen LogP contribution in [0.4, 0.5) is 0 Å². The van der Waals surface area contributed by atoms with Gasteiger partial charge in [0, 0.05) is 71.5 Å². The Morgan fingerprint density at radius 2 is 1.40 bits per heavy atom. The van der Waals surface area contributed by atoms with Gasteiger partial charge in [0.05, 0.1) is 32.8 Å². The largest absolute Gasteiger partial charge is 0.383 e. The fourth-order valence-electron chi connectivity index (χ4n) is 4.24. The Labute approximate surface area is 292 Å². The van der Waals surface area contributed by atoms with E-state index >= 15 is 0 Å². The van der Waals surface area contributed by atoms with Gasteiger partial charge in [0.1, 0.15) is 12.4 Å². The molecule has 5 N–H and O–H groups in total. The third-order valence-electron chi connectivity index (χ3n) is 7.02. The maximum absolute atomic E-state index is 13.1. The second kappa shape index (κ2) is 25.3. The third-order valence-corrected chi connectivity index (χ3v) is 7.02.